The van der Waals surface area contributed by atoms with Crippen molar-refractivity contribution in [3.63, 3.8) is 0 Å². The second-order valence-electron chi connectivity index (χ2n) is 5.58. The zero-order valence-electron chi connectivity index (χ0n) is 14.1. The van der Waals surface area contributed by atoms with E-state index < -0.39 is 10.0 Å². The molecule has 0 spiro atoms. The summed E-state index contributed by atoms with van der Waals surface area (Å²) in [4.78, 5) is 14.0. The van der Waals surface area contributed by atoms with Crippen LogP contribution in [0.4, 0.5) is 0 Å². The number of aryl methyl sites for hydroxylation is 1. The second kappa shape index (κ2) is 8.75. The molecule has 2 rings (SSSR count). The molecule has 8 nitrogen and oxygen atoms in total. The summed E-state index contributed by atoms with van der Waals surface area (Å²) in [5, 5.41) is 3.82. The Balaban J connectivity index is 1.93. The van der Waals surface area contributed by atoms with Gasteiger partial charge in [0.25, 0.3) is 0 Å². The van der Waals surface area contributed by atoms with Crippen molar-refractivity contribution in [2.24, 2.45) is 12.8 Å². The van der Waals surface area contributed by atoms with Gasteiger partial charge in [0, 0.05) is 32.9 Å². The van der Waals surface area contributed by atoms with Gasteiger partial charge in [-0.1, -0.05) is 30.3 Å². The van der Waals surface area contributed by atoms with Gasteiger partial charge in [0.15, 0.2) is 0 Å². The number of sulfonamides is 1. The summed E-state index contributed by atoms with van der Waals surface area (Å²) in [6.07, 6.45) is 3.29. The van der Waals surface area contributed by atoms with Gasteiger partial charge in [-0.3, -0.25) is 9.48 Å². The smallest absolute Gasteiger partial charge is 0.244 e. The molecular formula is C16H23N5O3S. The van der Waals surface area contributed by atoms with Gasteiger partial charge in [-0.05, 0) is 12.0 Å². The highest BCUT2D eigenvalue weighted by molar-refractivity contribution is 7.89. The number of carbonyl (C=O) groups excluding carboxylic acids is 1. The minimum Gasteiger partial charge on any atom is -0.340 e. The molecule has 9 heteroatoms. The lowest BCUT2D eigenvalue weighted by molar-refractivity contribution is -0.129. The van der Waals surface area contributed by atoms with Crippen LogP contribution in [0.2, 0.25) is 0 Å². The Labute approximate surface area is 147 Å². The largest absolute Gasteiger partial charge is 0.340 e. The van der Waals surface area contributed by atoms with Crippen LogP contribution in [0.3, 0.4) is 0 Å². The summed E-state index contributed by atoms with van der Waals surface area (Å²) in [6.45, 7) is 0.858. The molecule has 0 bridgehead atoms. The summed E-state index contributed by atoms with van der Waals surface area (Å²) < 4.78 is 28.0. The normalized spacial score (nSPS) is 11.4. The van der Waals surface area contributed by atoms with Crippen LogP contribution in [0.25, 0.3) is 0 Å². The third kappa shape index (κ3) is 5.66. The zero-order chi connectivity index (χ0) is 18.3. The van der Waals surface area contributed by atoms with Crippen LogP contribution in [0, 0.1) is 0 Å². The van der Waals surface area contributed by atoms with Crippen molar-refractivity contribution >= 4 is 15.9 Å². The first-order valence-electron chi connectivity index (χ1n) is 7.92. The number of nitrogens with zero attached hydrogens (tertiary/aromatic N) is 3. The third-order valence-electron chi connectivity index (χ3n) is 3.67. The van der Waals surface area contributed by atoms with Crippen molar-refractivity contribution in [2.45, 2.75) is 11.3 Å². The van der Waals surface area contributed by atoms with Gasteiger partial charge in [0.05, 0.1) is 12.7 Å². The maximum Gasteiger partial charge on any atom is 0.244 e. The molecule has 0 saturated carbocycles. The van der Waals surface area contributed by atoms with Gasteiger partial charge >= 0.3 is 0 Å². The molecule has 0 radical (unpaired) electrons. The first-order valence-corrected chi connectivity index (χ1v) is 9.41. The summed E-state index contributed by atoms with van der Waals surface area (Å²) in [5.74, 6) is -0.311. The van der Waals surface area contributed by atoms with E-state index in [1.54, 1.807) is 11.9 Å². The predicted molar refractivity (Wildman–Crippen MR) is 94.2 cm³/mol. The SMILES string of the molecule is Cn1cc(S(=O)(=O)NCC(=O)N(CCN)CCc2ccccc2)cn1. The molecule has 1 aromatic heterocycles. The molecule has 1 amide bonds. The Morgan fingerprint density at radius 1 is 1.28 bits per heavy atom. The molecule has 0 fully saturated rings. The van der Waals surface area contributed by atoms with Crippen LogP contribution in [-0.4, -0.2) is 55.2 Å². The average Bonchev–Trinajstić information content (AvgIpc) is 3.05. The van der Waals surface area contributed by atoms with E-state index in [-0.39, 0.29) is 17.3 Å². The maximum absolute atomic E-state index is 12.4. The molecular weight excluding hydrogens is 342 g/mol. The number of aromatic nitrogens is 2. The number of amides is 1. The zero-order valence-corrected chi connectivity index (χ0v) is 14.9. The van der Waals surface area contributed by atoms with Crippen molar-refractivity contribution < 1.29 is 13.2 Å². The van der Waals surface area contributed by atoms with E-state index in [0.717, 1.165) is 5.56 Å². The molecule has 1 heterocycles. The van der Waals surface area contributed by atoms with Gasteiger partial charge < -0.3 is 10.6 Å². The van der Waals surface area contributed by atoms with Crippen LogP contribution >= 0.6 is 0 Å². The quantitative estimate of drug-likeness (QED) is 0.635. The summed E-state index contributed by atoms with van der Waals surface area (Å²) >= 11 is 0. The molecule has 0 aliphatic rings. The lowest BCUT2D eigenvalue weighted by Gasteiger charge is -2.22. The Hall–Kier alpha value is -2.23. The van der Waals surface area contributed by atoms with E-state index in [4.69, 9.17) is 5.73 Å². The van der Waals surface area contributed by atoms with Crippen LogP contribution in [0.5, 0.6) is 0 Å². The topological polar surface area (TPSA) is 110 Å². The maximum atomic E-state index is 12.4. The summed E-state index contributed by atoms with van der Waals surface area (Å²) in [5.41, 5.74) is 6.67. The molecule has 0 aliphatic carbocycles. The molecule has 3 N–H and O–H groups in total. The summed E-state index contributed by atoms with van der Waals surface area (Å²) in [7, 11) is -2.14. The Morgan fingerprint density at radius 2 is 2.00 bits per heavy atom. The lowest BCUT2D eigenvalue weighted by Crippen LogP contribution is -2.43. The van der Waals surface area contributed by atoms with E-state index in [1.807, 2.05) is 30.3 Å². The van der Waals surface area contributed by atoms with E-state index in [0.29, 0.717) is 26.1 Å². The molecule has 0 aliphatic heterocycles. The van der Waals surface area contributed by atoms with Crippen molar-refractivity contribution in [3.8, 4) is 0 Å². The molecule has 136 valence electrons. The minimum atomic E-state index is -3.76. The van der Waals surface area contributed by atoms with Gasteiger partial charge in [-0.25, -0.2) is 13.1 Å². The van der Waals surface area contributed by atoms with Gasteiger partial charge in [0.1, 0.15) is 4.90 Å². The number of hydrogen-bond acceptors (Lipinski definition) is 5. The number of carbonyl (C=O) groups is 1. The Bertz CT molecular complexity index is 789. The lowest BCUT2D eigenvalue weighted by atomic mass is 10.1. The van der Waals surface area contributed by atoms with Crippen LogP contribution in [0.15, 0.2) is 47.6 Å². The minimum absolute atomic E-state index is 0.0254. The number of hydrogen-bond donors (Lipinski definition) is 2. The molecule has 0 saturated heterocycles. The van der Waals surface area contributed by atoms with Crippen molar-refractivity contribution in [1.29, 1.82) is 0 Å². The number of rotatable bonds is 9. The molecule has 2 aromatic rings. The summed E-state index contributed by atoms with van der Waals surface area (Å²) in [6, 6.07) is 9.77. The first kappa shape index (κ1) is 19.1. The predicted octanol–water partition coefficient (Wildman–Crippen LogP) is -0.272. The van der Waals surface area contributed by atoms with Gasteiger partial charge in [-0.2, -0.15) is 5.10 Å². The van der Waals surface area contributed by atoms with Crippen LogP contribution in [-0.2, 0) is 28.3 Å². The fourth-order valence-corrected chi connectivity index (χ4v) is 3.27. The van der Waals surface area contributed by atoms with E-state index >= 15 is 0 Å². The molecule has 0 atom stereocenters. The number of nitrogens with one attached hydrogen (secondary N) is 1. The van der Waals surface area contributed by atoms with Crippen LogP contribution in [0.1, 0.15) is 5.56 Å². The molecule has 1 aromatic carbocycles. The number of nitrogens with two attached hydrogens (primary N) is 1. The van der Waals surface area contributed by atoms with E-state index in [2.05, 4.69) is 9.82 Å². The number of benzene rings is 1. The fourth-order valence-electron chi connectivity index (χ4n) is 2.32. The Kier molecular flexibility index (Phi) is 6.68. The van der Waals surface area contributed by atoms with E-state index in [9.17, 15) is 13.2 Å². The fraction of sp³-hybridized carbons (Fsp3) is 0.375. The standard InChI is InChI=1S/C16H23N5O3S/c1-20-13-15(11-18-20)25(23,24)19-12-16(22)21(10-8-17)9-7-14-5-3-2-4-6-14/h2-6,11,13,19H,7-10,12,17H2,1H3. The molecule has 25 heavy (non-hydrogen) atoms. The highest BCUT2D eigenvalue weighted by atomic mass is 32.2. The second-order valence-corrected chi connectivity index (χ2v) is 7.35. The van der Waals surface area contributed by atoms with Crippen molar-refractivity contribution in [1.82, 2.24) is 19.4 Å². The Morgan fingerprint density at radius 3 is 2.60 bits per heavy atom. The van der Waals surface area contributed by atoms with Crippen molar-refractivity contribution in [3.05, 3.63) is 48.3 Å². The van der Waals surface area contributed by atoms with Gasteiger partial charge in [-0.15, -0.1) is 0 Å². The average molecular weight is 365 g/mol. The van der Waals surface area contributed by atoms with E-state index in [1.165, 1.54) is 17.1 Å². The third-order valence-corrected chi connectivity index (χ3v) is 5.03. The monoisotopic (exact) mass is 365 g/mol. The van der Waals surface area contributed by atoms with Crippen molar-refractivity contribution in [2.75, 3.05) is 26.2 Å². The van der Waals surface area contributed by atoms with Crippen LogP contribution < -0.4 is 10.5 Å². The van der Waals surface area contributed by atoms with Gasteiger partial charge in [0.2, 0.25) is 15.9 Å². The first-order chi connectivity index (χ1) is 11.9. The highest BCUT2D eigenvalue weighted by Crippen LogP contribution is 2.06. The molecule has 0 unspecified atom stereocenters. The highest BCUT2D eigenvalue weighted by Gasteiger charge is 2.19.